The second-order valence-corrected chi connectivity index (χ2v) is 4.00. The predicted molar refractivity (Wildman–Crippen MR) is 52.7 cm³/mol. The predicted octanol–water partition coefficient (Wildman–Crippen LogP) is 2.56. The highest BCUT2D eigenvalue weighted by Crippen LogP contribution is 2.28. The molecule has 1 fully saturated rings. The first-order chi connectivity index (χ1) is 6.36. The normalized spacial score (nSPS) is 21.3. The fraction of sp³-hybridized carbons (Fsp3) is 0.909. The van der Waals surface area contributed by atoms with Crippen molar-refractivity contribution in [2.45, 2.75) is 51.0 Å². The van der Waals surface area contributed by atoms with Crippen LogP contribution in [0.15, 0.2) is 0 Å². The summed E-state index contributed by atoms with van der Waals surface area (Å²) in [6.07, 6.45) is 9.56. The van der Waals surface area contributed by atoms with Crippen LogP contribution in [-0.4, -0.2) is 19.5 Å². The van der Waals surface area contributed by atoms with Crippen LogP contribution in [0.5, 0.6) is 0 Å². The van der Waals surface area contributed by atoms with E-state index in [2.05, 4.69) is 0 Å². The Bertz CT molecular complexity index is 139. The molecule has 0 amide bonds. The Labute approximate surface area is 80.7 Å². The van der Waals surface area contributed by atoms with Gasteiger partial charge in [0.2, 0.25) is 0 Å². The van der Waals surface area contributed by atoms with Crippen molar-refractivity contribution >= 4 is 6.29 Å². The van der Waals surface area contributed by atoms with Crippen LogP contribution in [0.25, 0.3) is 0 Å². The molecule has 0 aliphatic heterocycles. The van der Waals surface area contributed by atoms with Gasteiger partial charge in [0.15, 0.2) is 0 Å². The van der Waals surface area contributed by atoms with Crippen molar-refractivity contribution in [1.29, 1.82) is 0 Å². The van der Waals surface area contributed by atoms with Crippen LogP contribution >= 0.6 is 0 Å². The summed E-state index contributed by atoms with van der Waals surface area (Å²) < 4.78 is 5.26. The third-order valence-electron chi connectivity index (χ3n) is 3.01. The molecule has 0 saturated heterocycles. The van der Waals surface area contributed by atoms with Gasteiger partial charge < -0.3 is 9.53 Å². The van der Waals surface area contributed by atoms with E-state index >= 15 is 0 Å². The summed E-state index contributed by atoms with van der Waals surface area (Å²) in [5.41, 5.74) is 0. The van der Waals surface area contributed by atoms with Crippen LogP contribution in [0.4, 0.5) is 0 Å². The molecule has 0 aromatic heterocycles. The Balaban J connectivity index is 2.22. The number of hydrogen-bond acceptors (Lipinski definition) is 2. The van der Waals surface area contributed by atoms with E-state index in [0.717, 1.165) is 18.6 Å². The molecule has 2 nitrogen and oxygen atoms in total. The van der Waals surface area contributed by atoms with Gasteiger partial charge >= 0.3 is 0 Å². The average molecular weight is 184 g/mol. The zero-order valence-corrected chi connectivity index (χ0v) is 8.50. The number of methoxy groups -OCH3 is 1. The van der Waals surface area contributed by atoms with Gasteiger partial charge in [-0.05, 0) is 12.3 Å². The quantitative estimate of drug-likeness (QED) is 0.614. The minimum atomic E-state index is 0.167. The molecular formula is C11H20O2. The topological polar surface area (TPSA) is 26.3 Å². The van der Waals surface area contributed by atoms with E-state index in [1.807, 2.05) is 0 Å². The molecule has 0 spiro atoms. The van der Waals surface area contributed by atoms with Crippen LogP contribution in [-0.2, 0) is 9.53 Å². The van der Waals surface area contributed by atoms with E-state index in [-0.39, 0.29) is 6.10 Å². The standard InChI is InChI=1S/C11H20O2/c1-13-11(7-8-12)9-10-5-3-2-4-6-10/h8,10-11H,2-7,9H2,1H3. The first kappa shape index (κ1) is 10.7. The van der Waals surface area contributed by atoms with E-state index in [1.54, 1.807) is 7.11 Å². The second kappa shape index (κ2) is 6.14. The minimum Gasteiger partial charge on any atom is -0.381 e. The molecule has 1 rings (SSSR count). The Morgan fingerprint density at radius 1 is 1.38 bits per heavy atom. The molecule has 1 atom stereocenters. The average Bonchev–Trinajstić information content (AvgIpc) is 2.19. The SMILES string of the molecule is COC(CC=O)CC1CCCCC1. The maximum Gasteiger partial charge on any atom is 0.122 e. The van der Waals surface area contributed by atoms with Gasteiger partial charge in [-0.25, -0.2) is 0 Å². The lowest BCUT2D eigenvalue weighted by molar-refractivity contribution is -0.110. The third kappa shape index (κ3) is 3.90. The van der Waals surface area contributed by atoms with Gasteiger partial charge in [0.05, 0.1) is 6.10 Å². The Morgan fingerprint density at radius 3 is 2.62 bits per heavy atom. The Kier molecular flexibility index (Phi) is 5.06. The fourth-order valence-corrected chi connectivity index (χ4v) is 2.19. The first-order valence-corrected chi connectivity index (χ1v) is 5.33. The molecule has 0 N–H and O–H groups in total. The zero-order valence-electron chi connectivity index (χ0n) is 8.50. The Morgan fingerprint density at radius 2 is 2.08 bits per heavy atom. The molecule has 0 bridgehead atoms. The number of carbonyl (C=O) groups excluding carboxylic acids is 1. The second-order valence-electron chi connectivity index (χ2n) is 4.00. The molecule has 0 aromatic rings. The van der Waals surface area contributed by atoms with Crippen LogP contribution in [0.1, 0.15) is 44.9 Å². The Hall–Kier alpha value is -0.370. The van der Waals surface area contributed by atoms with Crippen molar-refractivity contribution in [1.82, 2.24) is 0 Å². The van der Waals surface area contributed by atoms with Crippen LogP contribution in [0, 0.1) is 5.92 Å². The molecule has 2 heteroatoms. The van der Waals surface area contributed by atoms with E-state index < -0.39 is 0 Å². The van der Waals surface area contributed by atoms with Gasteiger partial charge in [0.25, 0.3) is 0 Å². The molecule has 13 heavy (non-hydrogen) atoms. The smallest absolute Gasteiger partial charge is 0.122 e. The monoisotopic (exact) mass is 184 g/mol. The van der Waals surface area contributed by atoms with Crippen molar-refractivity contribution in [3.8, 4) is 0 Å². The van der Waals surface area contributed by atoms with Gasteiger partial charge in [0, 0.05) is 13.5 Å². The molecule has 1 unspecified atom stereocenters. The highest BCUT2D eigenvalue weighted by molar-refractivity contribution is 5.50. The van der Waals surface area contributed by atoms with E-state index in [0.29, 0.717) is 6.42 Å². The van der Waals surface area contributed by atoms with E-state index in [9.17, 15) is 4.79 Å². The lowest BCUT2D eigenvalue weighted by Gasteiger charge is -2.24. The maximum absolute atomic E-state index is 10.3. The van der Waals surface area contributed by atoms with E-state index in [4.69, 9.17) is 4.74 Å². The van der Waals surface area contributed by atoms with Gasteiger partial charge in [-0.15, -0.1) is 0 Å². The summed E-state index contributed by atoms with van der Waals surface area (Å²) in [6, 6.07) is 0. The van der Waals surface area contributed by atoms with Crippen molar-refractivity contribution in [2.24, 2.45) is 5.92 Å². The number of rotatable bonds is 5. The third-order valence-corrected chi connectivity index (χ3v) is 3.01. The summed E-state index contributed by atoms with van der Waals surface area (Å²) in [5.74, 6) is 0.804. The van der Waals surface area contributed by atoms with Gasteiger partial charge in [-0.2, -0.15) is 0 Å². The summed E-state index contributed by atoms with van der Waals surface area (Å²) in [6.45, 7) is 0. The molecule has 1 saturated carbocycles. The summed E-state index contributed by atoms with van der Waals surface area (Å²) in [7, 11) is 1.71. The van der Waals surface area contributed by atoms with Gasteiger partial charge in [-0.1, -0.05) is 32.1 Å². The molecular weight excluding hydrogens is 164 g/mol. The molecule has 0 heterocycles. The van der Waals surface area contributed by atoms with Crippen LogP contribution in [0.3, 0.4) is 0 Å². The number of ether oxygens (including phenoxy) is 1. The molecule has 76 valence electrons. The van der Waals surface area contributed by atoms with Crippen LogP contribution < -0.4 is 0 Å². The fourth-order valence-electron chi connectivity index (χ4n) is 2.19. The van der Waals surface area contributed by atoms with Gasteiger partial charge in [-0.3, -0.25) is 0 Å². The highest BCUT2D eigenvalue weighted by atomic mass is 16.5. The maximum atomic E-state index is 10.3. The van der Waals surface area contributed by atoms with Gasteiger partial charge in [0.1, 0.15) is 6.29 Å². The summed E-state index contributed by atoms with van der Waals surface area (Å²) >= 11 is 0. The number of carbonyl (C=O) groups is 1. The van der Waals surface area contributed by atoms with Crippen molar-refractivity contribution in [2.75, 3.05) is 7.11 Å². The largest absolute Gasteiger partial charge is 0.381 e. The number of hydrogen-bond donors (Lipinski definition) is 0. The number of aldehydes is 1. The van der Waals surface area contributed by atoms with E-state index in [1.165, 1.54) is 32.1 Å². The molecule has 0 aromatic carbocycles. The van der Waals surface area contributed by atoms with Crippen molar-refractivity contribution in [3.05, 3.63) is 0 Å². The zero-order chi connectivity index (χ0) is 9.52. The van der Waals surface area contributed by atoms with Crippen molar-refractivity contribution < 1.29 is 9.53 Å². The van der Waals surface area contributed by atoms with Crippen molar-refractivity contribution in [3.63, 3.8) is 0 Å². The lowest BCUT2D eigenvalue weighted by atomic mass is 9.85. The molecule has 0 radical (unpaired) electrons. The molecule has 1 aliphatic rings. The summed E-state index contributed by atoms with van der Waals surface area (Å²) in [4.78, 5) is 10.3. The first-order valence-electron chi connectivity index (χ1n) is 5.33. The molecule has 1 aliphatic carbocycles. The summed E-state index contributed by atoms with van der Waals surface area (Å²) in [5, 5.41) is 0. The lowest BCUT2D eigenvalue weighted by Crippen LogP contribution is -2.18. The highest BCUT2D eigenvalue weighted by Gasteiger charge is 2.18. The van der Waals surface area contributed by atoms with Crippen LogP contribution in [0.2, 0.25) is 0 Å². The minimum absolute atomic E-state index is 0.167.